The van der Waals surface area contributed by atoms with Gasteiger partial charge in [-0.1, -0.05) is 12.6 Å². The van der Waals surface area contributed by atoms with Gasteiger partial charge >= 0.3 is 0 Å². The molecule has 1 saturated heterocycles. The van der Waals surface area contributed by atoms with Gasteiger partial charge in [0.1, 0.15) is 17.8 Å². The number of aromatic nitrogens is 3. The van der Waals surface area contributed by atoms with E-state index in [0.29, 0.717) is 37.0 Å². The number of rotatable bonds is 5. The summed E-state index contributed by atoms with van der Waals surface area (Å²) < 4.78 is 38.6. The summed E-state index contributed by atoms with van der Waals surface area (Å²) in [4.78, 5) is 8.62. The molecular weight excluding hydrogens is 406 g/mol. The number of anilines is 1. The molecule has 0 radical (unpaired) electrons. The molecule has 0 aliphatic carbocycles. The maximum atomic E-state index is 12.1. The Morgan fingerprint density at radius 1 is 1.27 bits per heavy atom. The van der Waals surface area contributed by atoms with Crippen molar-refractivity contribution in [3.63, 3.8) is 0 Å². The van der Waals surface area contributed by atoms with Gasteiger partial charge in [-0.25, -0.2) is 18.4 Å². The first-order valence-electron chi connectivity index (χ1n) is 9.58. The molecule has 30 heavy (non-hydrogen) atoms. The highest BCUT2D eigenvalue weighted by atomic mass is 32.2. The molecule has 2 aromatic heterocycles. The van der Waals surface area contributed by atoms with Crippen LogP contribution in [0.3, 0.4) is 0 Å². The number of ether oxygens (including phenoxy) is 2. The third kappa shape index (κ3) is 3.08. The number of nitrogens with zero attached hydrogens (tertiary/aromatic N) is 4. The van der Waals surface area contributed by atoms with E-state index in [0.717, 1.165) is 34.0 Å². The van der Waals surface area contributed by atoms with Crippen LogP contribution in [0.4, 0.5) is 5.82 Å². The van der Waals surface area contributed by atoms with Crippen molar-refractivity contribution in [2.24, 2.45) is 5.92 Å². The Morgan fingerprint density at radius 3 is 2.93 bits per heavy atom. The van der Waals surface area contributed by atoms with Crippen molar-refractivity contribution >= 4 is 26.9 Å². The molecule has 1 atom stereocenters. The van der Waals surface area contributed by atoms with Crippen LogP contribution < -0.4 is 15.2 Å². The fourth-order valence-electron chi connectivity index (χ4n) is 4.13. The Labute approximate surface area is 173 Å². The molecule has 0 unspecified atom stereocenters. The van der Waals surface area contributed by atoms with Crippen LogP contribution in [0, 0.1) is 5.92 Å². The predicted molar refractivity (Wildman–Crippen MR) is 112 cm³/mol. The summed E-state index contributed by atoms with van der Waals surface area (Å²) in [6, 6.07) is 5.74. The SMILES string of the molecule is C=CS(=O)(=O)N1CC[C@H](Cn2cc(-c3ccc4c(c3)OCO4)c3c(N)ncnc32)C1. The first-order valence-corrected chi connectivity index (χ1v) is 11.1. The van der Waals surface area contributed by atoms with Crippen LogP contribution in [0.15, 0.2) is 42.7 Å². The average Bonchev–Trinajstić information content (AvgIpc) is 3.47. The Balaban J connectivity index is 1.51. The quantitative estimate of drug-likeness (QED) is 0.664. The van der Waals surface area contributed by atoms with E-state index in [9.17, 15) is 8.42 Å². The molecule has 2 aliphatic rings. The number of hydrogen-bond acceptors (Lipinski definition) is 7. The zero-order valence-electron chi connectivity index (χ0n) is 16.2. The van der Waals surface area contributed by atoms with Crippen molar-refractivity contribution in [2.75, 3.05) is 25.6 Å². The number of fused-ring (bicyclic) bond motifs is 2. The van der Waals surface area contributed by atoms with E-state index < -0.39 is 10.0 Å². The molecule has 0 bridgehead atoms. The molecule has 0 spiro atoms. The predicted octanol–water partition coefficient (Wildman–Crippen LogP) is 2.20. The minimum Gasteiger partial charge on any atom is -0.454 e. The lowest BCUT2D eigenvalue weighted by molar-refractivity contribution is 0.174. The number of sulfonamides is 1. The van der Waals surface area contributed by atoms with Gasteiger partial charge in [0.15, 0.2) is 11.5 Å². The summed E-state index contributed by atoms with van der Waals surface area (Å²) in [5.41, 5.74) is 8.75. The summed E-state index contributed by atoms with van der Waals surface area (Å²) in [6.07, 6.45) is 4.21. The highest BCUT2D eigenvalue weighted by molar-refractivity contribution is 7.92. The van der Waals surface area contributed by atoms with Crippen LogP contribution in [0.2, 0.25) is 0 Å². The second-order valence-corrected chi connectivity index (χ2v) is 9.32. The third-order valence-corrected chi connectivity index (χ3v) is 7.11. The second kappa shape index (κ2) is 6.99. The second-order valence-electron chi connectivity index (χ2n) is 7.45. The largest absolute Gasteiger partial charge is 0.454 e. The Morgan fingerprint density at radius 2 is 2.10 bits per heavy atom. The van der Waals surface area contributed by atoms with Gasteiger partial charge in [0.05, 0.1) is 5.39 Å². The molecule has 10 heteroatoms. The molecule has 1 aromatic carbocycles. The van der Waals surface area contributed by atoms with E-state index in [1.54, 1.807) is 0 Å². The lowest BCUT2D eigenvalue weighted by Crippen LogP contribution is -2.27. The highest BCUT2D eigenvalue weighted by Crippen LogP contribution is 2.39. The van der Waals surface area contributed by atoms with Crippen LogP contribution in [-0.4, -0.2) is 47.1 Å². The standard InChI is InChI=1S/C20H21N5O4S/c1-2-30(26,27)25-6-5-13(9-25)8-24-10-15(18-19(21)22-11-23-20(18)24)14-3-4-16-17(7-14)29-12-28-16/h2-4,7,10-11,13H,1,5-6,8-9,12H2,(H2,21,22,23)/t13-/m1/s1. The van der Waals surface area contributed by atoms with Gasteiger partial charge in [0, 0.05) is 36.8 Å². The molecule has 5 rings (SSSR count). The van der Waals surface area contributed by atoms with Crippen molar-refractivity contribution in [2.45, 2.75) is 13.0 Å². The topological polar surface area (TPSA) is 113 Å². The van der Waals surface area contributed by atoms with Crippen LogP contribution in [-0.2, 0) is 16.6 Å². The van der Waals surface area contributed by atoms with Gasteiger partial charge in [0.2, 0.25) is 16.8 Å². The van der Waals surface area contributed by atoms with E-state index in [-0.39, 0.29) is 12.7 Å². The number of hydrogen-bond donors (Lipinski definition) is 1. The number of nitrogens with two attached hydrogens (primary N) is 1. The van der Waals surface area contributed by atoms with Crippen LogP contribution >= 0.6 is 0 Å². The molecule has 1 fully saturated rings. The van der Waals surface area contributed by atoms with E-state index in [2.05, 4.69) is 16.5 Å². The molecule has 156 valence electrons. The summed E-state index contributed by atoms with van der Waals surface area (Å²) in [5, 5.41) is 1.77. The summed E-state index contributed by atoms with van der Waals surface area (Å²) in [5.74, 6) is 1.95. The van der Waals surface area contributed by atoms with Gasteiger partial charge < -0.3 is 19.8 Å². The smallest absolute Gasteiger partial charge is 0.235 e. The average molecular weight is 427 g/mol. The third-order valence-electron chi connectivity index (χ3n) is 5.64. The summed E-state index contributed by atoms with van der Waals surface area (Å²) >= 11 is 0. The molecule has 0 saturated carbocycles. The van der Waals surface area contributed by atoms with E-state index >= 15 is 0 Å². The molecule has 3 aromatic rings. The van der Waals surface area contributed by atoms with Crippen LogP contribution in [0.1, 0.15) is 6.42 Å². The summed E-state index contributed by atoms with van der Waals surface area (Å²) in [7, 11) is -3.40. The minimum absolute atomic E-state index is 0.163. The van der Waals surface area contributed by atoms with Gasteiger partial charge in [-0.05, 0) is 30.0 Å². The summed E-state index contributed by atoms with van der Waals surface area (Å²) in [6.45, 7) is 5.19. The number of nitrogen functional groups attached to an aromatic ring is 1. The van der Waals surface area contributed by atoms with Crippen LogP contribution in [0.25, 0.3) is 22.2 Å². The van der Waals surface area contributed by atoms with Crippen molar-refractivity contribution in [3.8, 4) is 22.6 Å². The van der Waals surface area contributed by atoms with Crippen molar-refractivity contribution in [3.05, 3.63) is 42.7 Å². The zero-order valence-corrected chi connectivity index (χ0v) is 17.0. The first-order chi connectivity index (χ1) is 14.5. The normalized spacial score (nSPS) is 18.9. The molecule has 2 aliphatic heterocycles. The Bertz CT molecular complexity index is 1250. The molecule has 0 amide bonds. The van der Waals surface area contributed by atoms with Gasteiger partial charge in [-0.2, -0.15) is 4.31 Å². The maximum Gasteiger partial charge on any atom is 0.235 e. The number of benzene rings is 1. The van der Waals surface area contributed by atoms with Gasteiger partial charge in [-0.15, -0.1) is 0 Å². The van der Waals surface area contributed by atoms with E-state index in [1.165, 1.54) is 10.6 Å². The fraction of sp³-hybridized carbons (Fsp3) is 0.300. The van der Waals surface area contributed by atoms with Gasteiger partial charge in [-0.3, -0.25) is 0 Å². The highest BCUT2D eigenvalue weighted by Gasteiger charge is 2.30. The zero-order chi connectivity index (χ0) is 20.9. The molecule has 4 heterocycles. The van der Waals surface area contributed by atoms with Crippen molar-refractivity contribution in [1.82, 2.24) is 18.8 Å². The van der Waals surface area contributed by atoms with E-state index in [1.807, 2.05) is 29.0 Å². The maximum absolute atomic E-state index is 12.1. The Kier molecular flexibility index (Phi) is 4.40. The first kappa shape index (κ1) is 18.9. The Hall–Kier alpha value is -3.11. The molecule has 2 N–H and O–H groups in total. The minimum atomic E-state index is -3.40. The molecule has 9 nitrogen and oxygen atoms in total. The van der Waals surface area contributed by atoms with Gasteiger partial charge in [0.25, 0.3) is 0 Å². The lowest BCUT2D eigenvalue weighted by Gasteiger charge is -2.14. The fourth-order valence-corrected chi connectivity index (χ4v) is 5.12. The molecular formula is C20H21N5O4S. The van der Waals surface area contributed by atoms with Crippen molar-refractivity contribution < 1.29 is 17.9 Å². The van der Waals surface area contributed by atoms with Crippen molar-refractivity contribution in [1.29, 1.82) is 0 Å². The monoisotopic (exact) mass is 427 g/mol. The van der Waals surface area contributed by atoms with E-state index in [4.69, 9.17) is 15.2 Å². The lowest BCUT2D eigenvalue weighted by atomic mass is 10.1. The van der Waals surface area contributed by atoms with Crippen LogP contribution in [0.5, 0.6) is 11.5 Å².